The maximum absolute atomic E-state index is 13.8. The van der Waals surface area contributed by atoms with Crippen LogP contribution in [0.15, 0.2) is 54.6 Å². The summed E-state index contributed by atoms with van der Waals surface area (Å²) in [5.74, 6) is -0.662. The van der Waals surface area contributed by atoms with Crippen LogP contribution in [-0.2, 0) is 0 Å². The maximum Gasteiger partial charge on any atom is 0.131 e. The fourth-order valence-corrected chi connectivity index (χ4v) is 2.64. The molecule has 3 aromatic rings. The summed E-state index contributed by atoms with van der Waals surface area (Å²) in [5.41, 5.74) is 1.89. The molecular formula is C18H14F2O. The molecule has 0 radical (unpaired) electrons. The second-order valence-corrected chi connectivity index (χ2v) is 5.09. The first-order valence-electron chi connectivity index (χ1n) is 6.69. The van der Waals surface area contributed by atoms with Crippen LogP contribution in [-0.4, -0.2) is 5.11 Å². The van der Waals surface area contributed by atoms with E-state index in [1.165, 1.54) is 18.2 Å². The summed E-state index contributed by atoms with van der Waals surface area (Å²) in [6.45, 7) is 1.74. The number of hydrogen-bond acceptors (Lipinski definition) is 1. The van der Waals surface area contributed by atoms with Crippen LogP contribution in [0.5, 0.6) is 0 Å². The van der Waals surface area contributed by atoms with Crippen molar-refractivity contribution in [2.24, 2.45) is 0 Å². The minimum Gasteiger partial charge on any atom is -0.384 e. The third kappa shape index (κ3) is 2.41. The monoisotopic (exact) mass is 284 g/mol. The molecular weight excluding hydrogens is 270 g/mol. The molecule has 0 aliphatic carbocycles. The fraction of sp³-hybridized carbons (Fsp3) is 0.111. The molecule has 0 aliphatic rings. The molecule has 21 heavy (non-hydrogen) atoms. The number of rotatable bonds is 2. The Morgan fingerprint density at radius 3 is 2.24 bits per heavy atom. The standard InChI is InChI=1S/C18H14F2O/c1-11-10-12(19)6-7-13(11)18(21)16-8-9-17(20)15-5-3-2-4-14(15)16/h2-10,18,21H,1H3. The summed E-state index contributed by atoms with van der Waals surface area (Å²) >= 11 is 0. The van der Waals surface area contributed by atoms with Crippen molar-refractivity contribution in [3.05, 3.63) is 82.9 Å². The van der Waals surface area contributed by atoms with Gasteiger partial charge in [0.2, 0.25) is 0 Å². The van der Waals surface area contributed by atoms with E-state index in [4.69, 9.17) is 0 Å². The highest BCUT2D eigenvalue weighted by molar-refractivity contribution is 5.87. The van der Waals surface area contributed by atoms with E-state index < -0.39 is 6.10 Å². The van der Waals surface area contributed by atoms with Gasteiger partial charge < -0.3 is 5.11 Å². The number of benzene rings is 3. The number of hydrogen-bond donors (Lipinski definition) is 1. The van der Waals surface area contributed by atoms with E-state index in [1.54, 1.807) is 43.3 Å². The Bertz CT molecular complexity index is 811. The molecule has 3 rings (SSSR count). The van der Waals surface area contributed by atoms with Crippen molar-refractivity contribution < 1.29 is 13.9 Å². The lowest BCUT2D eigenvalue weighted by Gasteiger charge is -2.16. The van der Waals surface area contributed by atoms with Gasteiger partial charge in [0.1, 0.15) is 17.7 Å². The molecule has 1 N–H and O–H groups in total. The minimum absolute atomic E-state index is 0.322. The van der Waals surface area contributed by atoms with Crippen LogP contribution in [0.25, 0.3) is 10.8 Å². The summed E-state index contributed by atoms with van der Waals surface area (Å²) < 4.78 is 27.0. The quantitative estimate of drug-likeness (QED) is 0.734. The van der Waals surface area contributed by atoms with Gasteiger partial charge in [0.15, 0.2) is 0 Å². The number of fused-ring (bicyclic) bond motifs is 1. The van der Waals surface area contributed by atoms with Gasteiger partial charge in [0.05, 0.1) is 0 Å². The predicted octanol–water partition coefficient (Wildman–Crippen LogP) is 4.51. The topological polar surface area (TPSA) is 20.2 Å². The molecule has 0 saturated carbocycles. The van der Waals surface area contributed by atoms with Crippen LogP contribution in [0.1, 0.15) is 22.8 Å². The lowest BCUT2D eigenvalue weighted by Crippen LogP contribution is -2.03. The molecule has 0 bridgehead atoms. The molecule has 0 aromatic heterocycles. The van der Waals surface area contributed by atoms with Crippen molar-refractivity contribution >= 4 is 10.8 Å². The predicted molar refractivity (Wildman–Crippen MR) is 79.1 cm³/mol. The summed E-state index contributed by atoms with van der Waals surface area (Å²) in [7, 11) is 0. The highest BCUT2D eigenvalue weighted by Gasteiger charge is 2.17. The Morgan fingerprint density at radius 1 is 0.857 bits per heavy atom. The molecule has 0 aliphatic heterocycles. The third-order valence-electron chi connectivity index (χ3n) is 3.73. The first kappa shape index (κ1) is 13.7. The highest BCUT2D eigenvalue weighted by atomic mass is 19.1. The molecule has 0 heterocycles. The van der Waals surface area contributed by atoms with E-state index in [1.807, 2.05) is 0 Å². The van der Waals surface area contributed by atoms with Crippen molar-refractivity contribution in [2.45, 2.75) is 13.0 Å². The lowest BCUT2D eigenvalue weighted by atomic mass is 9.93. The first-order valence-corrected chi connectivity index (χ1v) is 6.69. The largest absolute Gasteiger partial charge is 0.384 e. The molecule has 106 valence electrons. The zero-order valence-electron chi connectivity index (χ0n) is 11.5. The highest BCUT2D eigenvalue weighted by Crippen LogP contribution is 2.31. The molecule has 0 fully saturated rings. The fourth-order valence-electron chi connectivity index (χ4n) is 2.64. The van der Waals surface area contributed by atoms with E-state index in [9.17, 15) is 13.9 Å². The van der Waals surface area contributed by atoms with Gasteiger partial charge in [0, 0.05) is 5.39 Å². The molecule has 0 amide bonds. The van der Waals surface area contributed by atoms with E-state index in [-0.39, 0.29) is 11.6 Å². The van der Waals surface area contributed by atoms with Gasteiger partial charge in [-0.1, -0.05) is 36.4 Å². The molecule has 1 unspecified atom stereocenters. The Labute approximate surface area is 121 Å². The molecule has 3 heteroatoms. The van der Waals surface area contributed by atoms with E-state index in [2.05, 4.69) is 0 Å². The van der Waals surface area contributed by atoms with Gasteiger partial charge in [-0.2, -0.15) is 0 Å². The number of aliphatic hydroxyl groups is 1. The van der Waals surface area contributed by atoms with Crippen LogP contribution < -0.4 is 0 Å². The van der Waals surface area contributed by atoms with Crippen molar-refractivity contribution in [2.75, 3.05) is 0 Å². The maximum atomic E-state index is 13.8. The second-order valence-electron chi connectivity index (χ2n) is 5.09. The van der Waals surface area contributed by atoms with Crippen molar-refractivity contribution in [1.82, 2.24) is 0 Å². The van der Waals surface area contributed by atoms with E-state index >= 15 is 0 Å². The number of aryl methyl sites for hydroxylation is 1. The lowest BCUT2D eigenvalue weighted by molar-refractivity contribution is 0.221. The van der Waals surface area contributed by atoms with Crippen LogP contribution in [0, 0.1) is 18.6 Å². The van der Waals surface area contributed by atoms with E-state index in [0.29, 0.717) is 27.5 Å². The van der Waals surface area contributed by atoms with Crippen LogP contribution >= 0.6 is 0 Å². The number of aliphatic hydroxyl groups excluding tert-OH is 1. The van der Waals surface area contributed by atoms with Gasteiger partial charge in [-0.05, 0) is 47.2 Å². The average molecular weight is 284 g/mol. The molecule has 1 nitrogen and oxygen atoms in total. The van der Waals surface area contributed by atoms with Crippen LogP contribution in [0.4, 0.5) is 8.78 Å². The summed E-state index contributed by atoms with van der Waals surface area (Å²) in [5, 5.41) is 11.7. The van der Waals surface area contributed by atoms with E-state index in [0.717, 1.165) is 0 Å². The normalized spacial score (nSPS) is 12.6. The van der Waals surface area contributed by atoms with Crippen molar-refractivity contribution in [3.8, 4) is 0 Å². The molecule has 3 aromatic carbocycles. The van der Waals surface area contributed by atoms with Crippen LogP contribution in [0.2, 0.25) is 0 Å². The minimum atomic E-state index is -0.920. The van der Waals surface area contributed by atoms with Gasteiger partial charge in [-0.15, -0.1) is 0 Å². The Balaban J connectivity index is 2.18. The zero-order valence-corrected chi connectivity index (χ0v) is 11.5. The van der Waals surface area contributed by atoms with Gasteiger partial charge >= 0.3 is 0 Å². The smallest absolute Gasteiger partial charge is 0.131 e. The molecule has 0 spiro atoms. The molecule has 1 atom stereocenters. The first-order chi connectivity index (χ1) is 10.1. The Hall–Kier alpha value is -2.26. The van der Waals surface area contributed by atoms with Gasteiger partial charge in [-0.3, -0.25) is 0 Å². The summed E-state index contributed by atoms with van der Waals surface area (Å²) in [4.78, 5) is 0. The Morgan fingerprint density at radius 2 is 1.52 bits per heavy atom. The van der Waals surface area contributed by atoms with Crippen molar-refractivity contribution in [3.63, 3.8) is 0 Å². The number of halogens is 2. The zero-order chi connectivity index (χ0) is 15.0. The second kappa shape index (κ2) is 5.26. The SMILES string of the molecule is Cc1cc(F)ccc1C(O)c1ccc(F)c2ccccc12. The van der Waals surface area contributed by atoms with Crippen molar-refractivity contribution in [1.29, 1.82) is 0 Å². The third-order valence-corrected chi connectivity index (χ3v) is 3.73. The summed E-state index contributed by atoms with van der Waals surface area (Å²) in [6.07, 6.45) is -0.920. The molecule has 0 saturated heterocycles. The average Bonchev–Trinajstić information content (AvgIpc) is 2.47. The van der Waals surface area contributed by atoms with Crippen LogP contribution in [0.3, 0.4) is 0 Å². The van der Waals surface area contributed by atoms with Gasteiger partial charge in [0.25, 0.3) is 0 Å². The van der Waals surface area contributed by atoms with Gasteiger partial charge in [-0.25, -0.2) is 8.78 Å². The summed E-state index contributed by atoms with van der Waals surface area (Å²) in [6, 6.07) is 14.2. The Kier molecular flexibility index (Phi) is 3.43.